The van der Waals surface area contributed by atoms with Gasteiger partial charge < -0.3 is 21.1 Å². The van der Waals surface area contributed by atoms with E-state index in [0.29, 0.717) is 6.54 Å². The highest BCUT2D eigenvalue weighted by molar-refractivity contribution is 5.81. The Morgan fingerprint density at radius 2 is 2.14 bits per heavy atom. The van der Waals surface area contributed by atoms with Crippen molar-refractivity contribution in [3.63, 3.8) is 0 Å². The molecule has 0 unspecified atom stereocenters. The van der Waals surface area contributed by atoms with Crippen LogP contribution in [0.1, 0.15) is 13.3 Å². The first-order chi connectivity index (χ1) is 10.0. The maximum Gasteiger partial charge on any atom is 0.330 e. The van der Waals surface area contributed by atoms with Crippen molar-refractivity contribution in [2.45, 2.75) is 19.9 Å². The van der Waals surface area contributed by atoms with E-state index in [2.05, 4.69) is 15.6 Å². The zero-order valence-electron chi connectivity index (χ0n) is 12.2. The topological polar surface area (TPSA) is 131 Å². The zero-order valence-corrected chi connectivity index (χ0v) is 12.2. The number of nitrogens with one attached hydrogen (secondary N) is 3. The van der Waals surface area contributed by atoms with Crippen molar-refractivity contribution in [3.8, 4) is 0 Å². The van der Waals surface area contributed by atoms with Gasteiger partial charge >= 0.3 is 5.69 Å². The standard InChI is InChI=1S/C12H21N5O4/c1-3-4-14-8(18)7-15-9-10(13)17(5-6-21-2)12(20)16-11(9)19/h15H,3-7,13H2,1-2H3,(H,14,18)(H,16,19,20). The van der Waals surface area contributed by atoms with E-state index in [1.54, 1.807) is 0 Å². The van der Waals surface area contributed by atoms with Crippen molar-refractivity contribution < 1.29 is 9.53 Å². The number of nitrogens with zero attached hydrogens (tertiary/aromatic N) is 1. The maximum atomic E-state index is 11.7. The SMILES string of the molecule is CCCNC(=O)CNc1c(N)n(CCOC)c(=O)[nH]c1=O. The molecule has 9 heteroatoms. The van der Waals surface area contributed by atoms with Crippen LogP contribution in [0, 0.1) is 0 Å². The van der Waals surface area contributed by atoms with Crippen LogP contribution >= 0.6 is 0 Å². The van der Waals surface area contributed by atoms with E-state index in [-0.39, 0.29) is 37.1 Å². The van der Waals surface area contributed by atoms with Crippen LogP contribution < -0.4 is 27.6 Å². The quantitative estimate of drug-likeness (QED) is 0.472. The largest absolute Gasteiger partial charge is 0.383 e. The van der Waals surface area contributed by atoms with Gasteiger partial charge in [0.05, 0.1) is 19.7 Å². The lowest BCUT2D eigenvalue weighted by Crippen LogP contribution is -2.37. The van der Waals surface area contributed by atoms with Gasteiger partial charge in [-0.1, -0.05) is 6.92 Å². The van der Waals surface area contributed by atoms with Gasteiger partial charge in [-0.15, -0.1) is 0 Å². The number of amides is 1. The highest BCUT2D eigenvalue weighted by atomic mass is 16.5. The molecule has 0 bridgehead atoms. The molecule has 0 fully saturated rings. The van der Waals surface area contributed by atoms with Crippen LogP contribution in [-0.4, -0.2) is 42.3 Å². The summed E-state index contributed by atoms with van der Waals surface area (Å²) in [5.41, 5.74) is 4.53. The molecule has 0 aliphatic carbocycles. The predicted molar refractivity (Wildman–Crippen MR) is 79.4 cm³/mol. The average Bonchev–Trinajstić information content (AvgIpc) is 2.44. The number of hydrogen-bond acceptors (Lipinski definition) is 6. The molecule has 1 aromatic rings. The van der Waals surface area contributed by atoms with E-state index in [4.69, 9.17) is 10.5 Å². The number of hydrogen-bond donors (Lipinski definition) is 4. The summed E-state index contributed by atoms with van der Waals surface area (Å²) in [4.78, 5) is 37.1. The maximum absolute atomic E-state index is 11.7. The minimum Gasteiger partial charge on any atom is -0.383 e. The van der Waals surface area contributed by atoms with Crippen molar-refractivity contribution >= 4 is 17.4 Å². The normalized spacial score (nSPS) is 10.4. The number of aromatic amines is 1. The molecule has 1 amide bonds. The summed E-state index contributed by atoms with van der Waals surface area (Å²) in [5.74, 6) is -0.283. The van der Waals surface area contributed by atoms with Gasteiger partial charge in [-0.05, 0) is 6.42 Å². The number of aromatic nitrogens is 2. The molecule has 1 rings (SSSR count). The van der Waals surface area contributed by atoms with Crippen LogP contribution in [0.4, 0.5) is 11.5 Å². The smallest absolute Gasteiger partial charge is 0.330 e. The molecule has 0 radical (unpaired) electrons. The number of H-pyrrole nitrogens is 1. The molecule has 1 heterocycles. The lowest BCUT2D eigenvalue weighted by molar-refractivity contribution is -0.119. The van der Waals surface area contributed by atoms with Gasteiger partial charge in [0, 0.05) is 13.7 Å². The van der Waals surface area contributed by atoms with E-state index in [1.165, 1.54) is 11.7 Å². The Labute approximate surface area is 121 Å². The molecule has 118 valence electrons. The van der Waals surface area contributed by atoms with Crippen LogP contribution in [0.3, 0.4) is 0 Å². The average molecular weight is 299 g/mol. The second kappa shape index (κ2) is 8.10. The summed E-state index contributed by atoms with van der Waals surface area (Å²) in [5, 5.41) is 5.31. The molecule has 0 aliphatic heterocycles. The second-order valence-electron chi connectivity index (χ2n) is 4.37. The molecule has 0 aromatic carbocycles. The summed E-state index contributed by atoms with van der Waals surface area (Å²) in [6, 6.07) is 0. The molecule has 0 saturated carbocycles. The Balaban J connectivity index is 2.89. The highest BCUT2D eigenvalue weighted by Gasteiger charge is 2.12. The van der Waals surface area contributed by atoms with Gasteiger partial charge in [0.2, 0.25) is 5.91 Å². The molecule has 5 N–H and O–H groups in total. The second-order valence-corrected chi connectivity index (χ2v) is 4.37. The monoisotopic (exact) mass is 299 g/mol. The Morgan fingerprint density at radius 1 is 1.43 bits per heavy atom. The highest BCUT2D eigenvalue weighted by Crippen LogP contribution is 2.09. The first kappa shape index (κ1) is 16.8. The van der Waals surface area contributed by atoms with E-state index in [1.807, 2.05) is 6.92 Å². The van der Waals surface area contributed by atoms with E-state index >= 15 is 0 Å². The van der Waals surface area contributed by atoms with E-state index in [9.17, 15) is 14.4 Å². The van der Waals surface area contributed by atoms with Gasteiger partial charge in [-0.25, -0.2) is 4.79 Å². The van der Waals surface area contributed by atoms with Gasteiger partial charge in [-0.3, -0.25) is 19.1 Å². The van der Waals surface area contributed by atoms with Gasteiger partial charge in [0.1, 0.15) is 11.5 Å². The number of ether oxygens (including phenoxy) is 1. The van der Waals surface area contributed by atoms with Crippen LogP contribution in [0.25, 0.3) is 0 Å². The molecule has 0 aliphatic rings. The van der Waals surface area contributed by atoms with Crippen LogP contribution in [-0.2, 0) is 16.1 Å². The molecule has 9 nitrogen and oxygen atoms in total. The van der Waals surface area contributed by atoms with Crippen molar-refractivity contribution in [3.05, 3.63) is 20.8 Å². The number of nitrogens with two attached hydrogens (primary N) is 1. The third-order valence-electron chi connectivity index (χ3n) is 2.76. The molecular formula is C12H21N5O4. The predicted octanol–water partition coefficient (Wildman–Crippen LogP) is -1.30. The van der Waals surface area contributed by atoms with Crippen LogP contribution in [0.15, 0.2) is 9.59 Å². The first-order valence-corrected chi connectivity index (χ1v) is 6.63. The molecule has 1 aromatic heterocycles. The Kier molecular flexibility index (Phi) is 6.47. The molecule has 0 atom stereocenters. The minimum atomic E-state index is -0.658. The number of carbonyl (C=O) groups is 1. The van der Waals surface area contributed by atoms with Gasteiger partial charge in [0.25, 0.3) is 5.56 Å². The number of methoxy groups -OCH3 is 1. The van der Waals surface area contributed by atoms with E-state index in [0.717, 1.165) is 6.42 Å². The number of anilines is 2. The molecule has 0 spiro atoms. The van der Waals surface area contributed by atoms with Crippen molar-refractivity contribution in [2.24, 2.45) is 0 Å². The first-order valence-electron chi connectivity index (χ1n) is 6.63. The Morgan fingerprint density at radius 3 is 2.76 bits per heavy atom. The fourth-order valence-electron chi connectivity index (χ4n) is 1.66. The van der Waals surface area contributed by atoms with Gasteiger partial charge in [-0.2, -0.15) is 0 Å². The number of nitrogen functional groups attached to an aromatic ring is 1. The molecule has 21 heavy (non-hydrogen) atoms. The van der Waals surface area contributed by atoms with Crippen LogP contribution in [0.5, 0.6) is 0 Å². The summed E-state index contributed by atoms with van der Waals surface area (Å²) >= 11 is 0. The number of rotatable bonds is 8. The number of carbonyl (C=O) groups excluding carboxylic acids is 1. The molecule has 0 saturated heterocycles. The lowest BCUT2D eigenvalue weighted by Gasteiger charge is -2.13. The Bertz CT molecular complexity index is 592. The van der Waals surface area contributed by atoms with Crippen LogP contribution in [0.2, 0.25) is 0 Å². The van der Waals surface area contributed by atoms with Crippen molar-refractivity contribution in [1.82, 2.24) is 14.9 Å². The minimum absolute atomic E-state index is 0.00245. The molecular weight excluding hydrogens is 278 g/mol. The zero-order chi connectivity index (χ0) is 15.8. The van der Waals surface area contributed by atoms with E-state index < -0.39 is 11.2 Å². The summed E-state index contributed by atoms with van der Waals surface area (Å²) in [6.07, 6.45) is 0.816. The third kappa shape index (κ3) is 4.63. The van der Waals surface area contributed by atoms with Crippen molar-refractivity contribution in [2.75, 3.05) is 37.9 Å². The summed E-state index contributed by atoms with van der Waals surface area (Å²) < 4.78 is 6.05. The fourth-order valence-corrected chi connectivity index (χ4v) is 1.66. The third-order valence-corrected chi connectivity index (χ3v) is 2.76. The lowest BCUT2D eigenvalue weighted by atomic mass is 10.4. The van der Waals surface area contributed by atoms with Crippen molar-refractivity contribution in [1.29, 1.82) is 0 Å². The Hall–Kier alpha value is -2.29. The fraction of sp³-hybridized carbons (Fsp3) is 0.583. The summed E-state index contributed by atoms with van der Waals surface area (Å²) in [7, 11) is 1.49. The summed E-state index contributed by atoms with van der Waals surface area (Å²) in [6.45, 7) is 2.86. The van der Waals surface area contributed by atoms with Gasteiger partial charge in [0.15, 0.2) is 0 Å².